The number of carbonyl (C=O) groups is 2. The smallest absolute Gasteiger partial charge is 0.253 e. The van der Waals surface area contributed by atoms with Crippen molar-refractivity contribution in [2.75, 3.05) is 32.7 Å². The second-order valence-electron chi connectivity index (χ2n) is 7.68. The second kappa shape index (κ2) is 9.90. The zero-order valence-electron chi connectivity index (χ0n) is 17.1. The molecule has 1 aliphatic rings. The molecule has 3 rings (SSSR count). The van der Waals surface area contributed by atoms with Gasteiger partial charge >= 0.3 is 0 Å². The molecule has 5 nitrogen and oxygen atoms in total. The first-order valence-electron chi connectivity index (χ1n) is 10.0. The molecule has 6 heteroatoms. The monoisotopic (exact) mass is 413 g/mol. The van der Waals surface area contributed by atoms with E-state index in [2.05, 4.69) is 4.90 Å². The molecule has 0 unspecified atom stereocenters. The summed E-state index contributed by atoms with van der Waals surface area (Å²) in [5, 5.41) is 0.620. The predicted molar refractivity (Wildman–Crippen MR) is 116 cm³/mol. The van der Waals surface area contributed by atoms with Crippen molar-refractivity contribution in [1.82, 2.24) is 14.7 Å². The Morgan fingerprint density at radius 1 is 0.966 bits per heavy atom. The minimum Gasteiger partial charge on any atom is -0.336 e. The lowest BCUT2D eigenvalue weighted by Crippen LogP contribution is -2.52. The number of nitrogens with zero attached hydrogens (tertiary/aromatic N) is 3. The topological polar surface area (TPSA) is 43.9 Å². The first-order chi connectivity index (χ1) is 13.9. The van der Waals surface area contributed by atoms with Crippen molar-refractivity contribution in [3.63, 3.8) is 0 Å². The molecular weight excluding hydrogens is 386 g/mol. The van der Waals surface area contributed by atoms with Crippen LogP contribution in [-0.2, 0) is 11.3 Å². The van der Waals surface area contributed by atoms with Gasteiger partial charge in [-0.05, 0) is 43.7 Å². The standard InChI is InChI=1S/C23H28ClN3O2/c1-18(2)27(16-19-6-4-3-5-7-19)22(28)17-25-12-14-26(15-13-25)23(29)20-8-10-21(24)11-9-20/h3-11,18H,12-17H2,1-2H3. The molecule has 0 bridgehead atoms. The van der Waals surface area contributed by atoms with Crippen molar-refractivity contribution in [2.24, 2.45) is 0 Å². The number of hydrogen-bond acceptors (Lipinski definition) is 3. The maximum absolute atomic E-state index is 12.9. The van der Waals surface area contributed by atoms with E-state index in [-0.39, 0.29) is 17.9 Å². The van der Waals surface area contributed by atoms with Crippen LogP contribution in [0.15, 0.2) is 54.6 Å². The van der Waals surface area contributed by atoms with Gasteiger partial charge in [0.05, 0.1) is 6.54 Å². The minimum atomic E-state index is 0.0144. The lowest BCUT2D eigenvalue weighted by molar-refractivity contribution is -0.135. The lowest BCUT2D eigenvalue weighted by atomic mass is 10.1. The number of benzene rings is 2. The quantitative estimate of drug-likeness (QED) is 0.727. The highest BCUT2D eigenvalue weighted by molar-refractivity contribution is 6.30. The summed E-state index contributed by atoms with van der Waals surface area (Å²) in [4.78, 5) is 31.4. The summed E-state index contributed by atoms with van der Waals surface area (Å²) in [7, 11) is 0. The molecule has 1 heterocycles. The van der Waals surface area contributed by atoms with Crippen molar-refractivity contribution in [3.8, 4) is 0 Å². The molecule has 1 aliphatic heterocycles. The van der Waals surface area contributed by atoms with Gasteiger partial charge in [-0.1, -0.05) is 41.9 Å². The SMILES string of the molecule is CC(C)N(Cc1ccccc1)C(=O)CN1CCN(C(=O)c2ccc(Cl)cc2)CC1. The lowest BCUT2D eigenvalue weighted by Gasteiger charge is -2.36. The summed E-state index contributed by atoms with van der Waals surface area (Å²) in [5.74, 6) is 0.141. The average Bonchev–Trinajstić information content (AvgIpc) is 2.73. The van der Waals surface area contributed by atoms with Crippen LogP contribution in [0.3, 0.4) is 0 Å². The highest BCUT2D eigenvalue weighted by Crippen LogP contribution is 2.14. The van der Waals surface area contributed by atoms with Crippen molar-refractivity contribution in [1.29, 1.82) is 0 Å². The van der Waals surface area contributed by atoms with E-state index < -0.39 is 0 Å². The Labute approximate surface area is 177 Å². The minimum absolute atomic E-state index is 0.0144. The van der Waals surface area contributed by atoms with Crippen molar-refractivity contribution < 1.29 is 9.59 Å². The zero-order chi connectivity index (χ0) is 20.8. The Morgan fingerprint density at radius 3 is 2.17 bits per heavy atom. The van der Waals surface area contributed by atoms with Gasteiger partial charge < -0.3 is 9.80 Å². The maximum atomic E-state index is 12.9. The van der Waals surface area contributed by atoms with Crippen LogP contribution in [0.2, 0.25) is 5.02 Å². The molecule has 154 valence electrons. The van der Waals surface area contributed by atoms with E-state index in [1.807, 2.05) is 54.0 Å². The fourth-order valence-electron chi connectivity index (χ4n) is 3.51. The van der Waals surface area contributed by atoms with Crippen LogP contribution >= 0.6 is 11.6 Å². The fraction of sp³-hybridized carbons (Fsp3) is 0.391. The molecule has 1 saturated heterocycles. The highest BCUT2D eigenvalue weighted by atomic mass is 35.5. The van der Waals surface area contributed by atoms with Gasteiger partial charge in [0.25, 0.3) is 5.91 Å². The summed E-state index contributed by atoms with van der Waals surface area (Å²) in [6.07, 6.45) is 0. The van der Waals surface area contributed by atoms with Crippen LogP contribution in [0.4, 0.5) is 0 Å². The van der Waals surface area contributed by atoms with Crippen LogP contribution < -0.4 is 0 Å². The Kier molecular flexibility index (Phi) is 7.29. The van der Waals surface area contributed by atoms with E-state index in [0.717, 1.165) is 5.56 Å². The summed E-state index contributed by atoms with van der Waals surface area (Å²) in [6, 6.07) is 17.2. The summed E-state index contributed by atoms with van der Waals surface area (Å²) in [6.45, 7) is 7.72. The molecule has 1 fully saturated rings. The molecule has 2 amide bonds. The number of halogens is 1. The second-order valence-corrected chi connectivity index (χ2v) is 8.11. The van der Waals surface area contributed by atoms with Gasteiger partial charge in [0.2, 0.25) is 5.91 Å². The summed E-state index contributed by atoms with van der Waals surface area (Å²) < 4.78 is 0. The van der Waals surface area contributed by atoms with Crippen LogP contribution in [0.25, 0.3) is 0 Å². The average molecular weight is 414 g/mol. The third-order valence-corrected chi connectivity index (χ3v) is 5.50. The predicted octanol–water partition coefficient (Wildman–Crippen LogP) is 3.54. The van der Waals surface area contributed by atoms with Gasteiger partial charge in [-0.3, -0.25) is 14.5 Å². The van der Waals surface area contributed by atoms with Crippen molar-refractivity contribution in [2.45, 2.75) is 26.4 Å². The van der Waals surface area contributed by atoms with Gasteiger partial charge in [0, 0.05) is 49.4 Å². The van der Waals surface area contributed by atoms with E-state index in [1.54, 1.807) is 24.3 Å². The van der Waals surface area contributed by atoms with Crippen LogP contribution in [-0.4, -0.2) is 65.3 Å². The molecule has 0 N–H and O–H groups in total. The first-order valence-corrected chi connectivity index (χ1v) is 10.4. The third kappa shape index (κ3) is 5.81. The molecule has 2 aromatic carbocycles. The molecule has 0 aromatic heterocycles. The summed E-state index contributed by atoms with van der Waals surface area (Å²) in [5.41, 5.74) is 1.78. The van der Waals surface area contributed by atoms with E-state index in [4.69, 9.17) is 11.6 Å². The van der Waals surface area contributed by atoms with Gasteiger partial charge in [0.15, 0.2) is 0 Å². The molecule has 0 spiro atoms. The Morgan fingerprint density at radius 2 is 1.59 bits per heavy atom. The van der Waals surface area contributed by atoms with Gasteiger partial charge in [-0.25, -0.2) is 0 Å². The molecule has 0 saturated carbocycles. The van der Waals surface area contributed by atoms with Gasteiger partial charge in [-0.2, -0.15) is 0 Å². The molecule has 0 radical (unpaired) electrons. The number of rotatable bonds is 6. The third-order valence-electron chi connectivity index (χ3n) is 5.25. The molecule has 2 aromatic rings. The number of hydrogen-bond donors (Lipinski definition) is 0. The van der Waals surface area contributed by atoms with Crippen LogP contribution in [0.1, 0.15) is 29.8 Å². The van der Waals surface area contributed by atoms with E-state index in [9.17, 15) is 9.59 Å². The van der Waals surface area contributed by atoms with E-state index in [1.165, 1.54) is 0 Å². The molecule has 29 heavy (non-hydrogen) atoms. The van der Waals surface area contributed by atoms with E-state index in [0.29, 0.717) is 49.9 Å². The number of amides is 2. The first kappa shape index (κ1) is 21.3. The summed E-state index contributed by atoms with van der Waals surface area (Å²) >= 11 is 5.90. The van der Waals surface area contributed by atoms with Crippen molar-refractivity contribution >= 4 is 23.4 Å². The normalized spacial score (nSPS) is 14.8. The molecule has 0 atom stereocenters. The molecular formula is C23H28ClN3O2. The Hall–Kier alpha value is -2.37. The maximum Gasteiger partial charge on any atom is 0.253 e. The fourth-order valence-corrected chi connectivity index (χ4v) is 3.63. The van der Waals surface area contributed by atoms with Crippen LogP contribution in [0.5, 0.6) is 0 Å². The number of carbonyl (C=O) groups excluding carboxylic acids is 2. The van der Waals surface area contributed by atoms with Crippen molar-refractivity contribution in [3.05, 3.63) is 70.7 Å². The highest BCUT2D eigenvalue weighted by Gasteiger charge is 2.25. The van der Waals surface area contributed by atoms with Crippen LogP contribution in [0, 0.1) is 0 Å². The Bertz CT molecular complexity index is 816. The Balaban J connectivity index is 1.53. The van der Waals surface area contributed by atoms with Gasteiger partial charge in [0.1, 0.15) is 0 Å². The van der Waals surface area contributed by atoms with Gasteiger partial charge in [-0.15, -0.1) is 0 Å². The largest absolute Gasteiger partial charge is 0.336 e. The zero-order valence-corrected chi connectivity index (χ0v) is 17.8. The van der Waals surface area contributed by atoms with E-state index >= 15 is 0 Å². The molecule has 0 aliphatic carbocycles. The number of piperazine rings is 1.